The van der Waals surface area contributed by atoms with Gasteiger partial charge in [0, 0.05) is 6.42 Å². The SMILES string of the molecule is CC(C)(C)c1ccc(-c2ccc(OCc3ccc(C(F)(F)F)cc3)c(CCC(=O)O)c2)cc1. The summed E-state index contributed by atoms with van der Waals surface area (Å²) in [7, 11) is 0. The third-order valence-corrected chi connectivity index (χ3v) is 5.43. The van der Waals surface area contributed by atoms with Gasteiger partial charge < -0.3 is 9.84 Å². The fourth-order valence-corrected chi connectivity index (χ4v) is 3.45. The Labute approximate surface area is 191 Å². The van der Waals surface area contributed by atoms with Gasteiger partial charge in [-0.2, -0.15) is 13.2 Å². The molecule has 3 aromatic rings. The summed E-state index contributed by atoms with van der Waals surface area (Å²) < 4.78 is 44.1. The number of hydrogen-bond donors (Lipinski definition) is 1. The second-order valence-electron chi connectivity index (χ2n) is 9.03. The van der Waals surface area contributed by atoms with Crippen LogP contribution in [0.3, 0.4) is 0 Å². The molecule has 0 aromatic heterocycles. The molecule has 0 saturated heterocycles. The number of benzene rings is 3. The molecule has 0 heterocycles. The third-order valence-electron chi connectivity index (χ3n) is 5.43. The molecule has 3 rings (SSSR count). The van der Waals surface area contributed by atoms with Gasteiger partial charge in [-0.15, -0.1) is 0 Å². The predicted molar refractivity (Wildman–Crippen MR) is 122 cm³/mol. The summed E-state index contributed by atoms with van der Waals surface area (Å²) in [5.74, 6) is -0.394. The molecule has 0 aliphatic rings. The lowest BCUT2D eigenvalue weighted by atomic mass is 9.86. The van der Waals surface area contributed by atoms with E-state index in [1.165, 1.54) is 17.7 Å². The number of halogens is 3. The molecule has 0 fully saturated rings. The van der Waals surface area contributed by atoms with Crippen LogP contribution < -0.4 is 4.74 Å². The van der Waals surface area contributed by atoms with E-state index in [1.807, 2.05) is 24.3 Å². The molecule has 0 spiro atoms. The van der Waals surface area contributed by atoms with Crippen molar-refractivity contribution in [2.24, 2.45) is 0 Å². The smallest absolute Gasteiger partial charge is 0.416 e. The highest BCUT2D eigenvalue weighted by molar-refractivity contribution is 5.69. The molecule has 1 N–H and O–H groups in total. The van der Waals surface area contributed by atoms with E-state index < -0.39 is 17.7 Å². The maximum atomic E-state index is 12.8. The number of alkyl halides is 3. The molecule has 0 atom stereocenters. The van der Waals surface area contributed by atoms with Crippen molar-refractivity contribution < 1.29 is 27.8 Å². The number of rotatable bonds is 7. The van der Waals surface area contributed by atoms with Gasteiger partial charge in [0.25, 0.3) is 0 Å². The van der Waals surface area contributed by atoms with Crippen LogP contribution >= 0.6 is 0 Å². The van der Waals surface area contributed by atoms with Gasteiger partial charge in [-0.1, -0.05) is 63.2 Å². The summed E-state index contributed by atoms with van der Waals surface area (Å²) in [6, 6.07) is 18.7. The van der Waals surface area contributed by atoms with Crippen molar-refractivity contribution in [1.29, 1.82) is 0 Å². The molecule has 3 aromatic carbocycles. The van der Waals surface area contributed by atoms with Gasteiger partial charge in [-0.05, 0) is 63.9 Å². The van der Waals surface area contributed by atoms with Gasteiger partial charge in [0.2, 0.25) is 0 Å². The molecular weight excluding hydrogens is 429 g/mol. The topological polar surface area (TPSA) is 46.5 Å². The van der Waals surface area contributed by atoms with Crippen LogP contribution in [0.25, 0.3) is 11.1 Å². The molecule has 3 nitrogen and oxygen atoms in total. The highest BCUT2D eigenvalue weighted by atomic mass is 19.4. The second kappa shape index (κ2) is 9.69. The van der Waals surface area contributed by atoms with E-state index in [2.05, 4.69) is 32.9 Å². The van der Waals surface area contributed by atoms with Gasteiger partial charge in [0.15, 0.2) is 0 Å². The lowest BCUT2D eigenvalue weighted by Gasteiger charge is -2.19. The molecule has 0 bridgehead atoms. The second-order valence-corrected chi connectivity index (χ2v) is 9.03. The minimum Gasteiger partial charge on any atom is -0.489 e. The number of carboxylic acids is 1. The fraction of sp³-hybridized carbons (Fsp3) is 0.296. The van der Waals surface area contributed by atoms with Crippen molar-refractivity contribution in [1.82, 2.24) is 0 Å². The zero-order valence-electron chi connectivity index (χ0n) is 18.9. The Bertz CT molecular complexity index is 1090. The quantitative estimate of drug-likeness (QED) is 0.407. The highest BCUT2D eigenvalue weighted by Gasteiger charge is 2.29. The molecule has 0 unspecified atom stereocenters. The number of hydrogen-bond acceptors (Lipinski definition) is 2. The fourth-order valence-electron chi connectivity index (χ4n) is 3.45. The van der Waals surface area contributed by atoms with Crippen LogP contribution in [0.1, 0.15) is 49.4 Å². The Morgan fingerprint density at radius 2 is 1.42 bits per heavy atom. The number of aliphatic carboxylic acids is 1. The first-order chi connectivity index (χ1) is 15.4. The number of aryl methyl sites for hydroxylation is 1. The minimum atomic E-state index is -4.38. The minimum absolute atomic E-state index is 0.0428. The van der Waals surface area contributed by atoms with Crippen LogP contribution in [0.5, 0.6) is 5.75 Å². The van der Waals surface area contributed by atoms with E-state index in [-0.39, 0.29) is 24.9 Å². The lowest BCUT2D eigenvalue weighted by Crippen LogP contribution is -2.10. The van der Waals surface area contributed by atoms with E-state index in [1.54, 1.807) is 6.07 Å². The number of carbonyl (C=O) groups is 1. The average molecular weight is 457 g/mol. The summed E-state index contributed by atoms with van der Waals surface area (Å²) in [4.78, 5) is 11.1. The van der Waals surface area contributed by atoms with Crippen molar-refractivity contribution in [3.05, 3.63) is 89.0 Å². The van der Waals surface area contributed by atoms with Gasteiger partial charge in [-0.3, -0.25) is 4.79 Å². The maximum Gasteiger partial charge on any atom is 0.416 e. The van der Waals surface area contributed by atoms with Crippen molar-refractivity contribution in [3.8, 4) is 16.9 Å². The van der Waals surface area contributed by atoms with Crippen molar-refractivity contribution in [2.45, 2.75) is 51.8 Å². The van der Waals surface area contributed by atoms with E-state index in [0.29, 0.717) is 11.3 Å². The first-order valence-corrected chi connectivity index (χ1v) is 10.7. The third kappa shape index (κ3) is 6.60. The molecular formula is C27H27F3O3. The van der Waals surface area contributed by atoms with Crippen LogP contribution in [0.15, 0.2) is 66.7 Å². The summed E-state index contributed by atoms with van der Waals surface area (Å²) in [5, 5.41) is 9.13. The van der Waals surface area contributed by atoms with Gasteiger partial charge in [-0.25, -0.2) is 0 Å². The Balaban J connectivity index is 1.81. The van der Waals surface area contributed by atoms with Crippen molar-refractivity contribution in [3.63, 3.8) is 0 Å². The summed E-state index contributed by atoms with van der Waals surface area (Å²) >= 11 is 0. The number of carboxylic acid groups (broad SMARTS) is 1. The van der Waals surface area contributed by atoms with Crippen molar-refractivity contribution in [2.75, 3.05) is 0 Å². The van der Waals surface area contributed by atoms with E-state index in [0.717, 1.165) is 28.8 Å². The molecule has 0 radical (unpaired) electrons. The zero-order valence-corrected chi connectivity index (χ0v) is 18.9. The molecule has 6 heteroatoms. The maximum absolute atomic E-state index is 12.8. The summed E-state index contributed by atoms with van der Waals surface area (Å²) in [6.45, 7) is 6.52. The van der Waals surface area contributed by atoms with Crippen LogP contribution in [0.2, 0.25) is 0 Å². The van der Waals surface area contributed by atoms with Crippen LogP contribution in [-0.2, 0) is 29.4 Å². The molecule has 0 saturated carbocycles. The lowest BCUT2D eigenvalue weighted by molar-refractivity contribution is -0.138. The zero-order chi connectivity index (χ0) is 24.2. The van der Waals surface area contributed by atoms with E-state index in [9.17, 15) is 18.0 Å². The van der Waals surface area contributed by atoms with E-state index in [4.69, 9.17) is 9.84 Å². The molecule has 33 heavy (non-hydrogen) atoms. The Hall–Kier alpha value is -3.28. The standard InChI is InChI=1S/C27H27F3O3/c1-26(2,3)22-12-6-19(7-13-22)20-8-14-24(21(16-20)9-15-25(31)32)33-17-18-4-10-23(11-5-18)27(28,29)30/h4-8,10-14,16H,9,15,17H2,1-3H3,(H,31,32). The van der Waals surface area contributed by atoms with Gasteiger partial charge in [0.05, 0.1) is 5.56 Å². The largest absolute Gasteiger partial charge is 0.489 e. The normalized spacial score (nSPS) is 11.9. The summed E-state index contributed by atoms with van der Waals surface area (Å²) in [6.07, 6.45) is -4.15. The van der Waals surface area contributed by atoms with Crippen molar-refractivity contribution >= 4 is 5.97 Å². The highest BCUT2D eigenvalue weighted by Crippen LogP contribution is 2.32. The van der Waals surface area contributed by atoms with Gasteiger partial charge in [0.1, 0.15) is 12.4 Å². The average Bonchev–Trinajstić information content (AvgIpc) is 2.75. The Morgan fingerprint density at radius 3 is 1.97 bits per heavy atom. The Kier molecular flexibility index (Phi) is 7.15. The Morgan fingerprint density at radius 1 is 0.848 bits per heavy atom. The van der Waals surface area contributed by atoms with Crippen LogP contribution in [0.4, 0.5) is 13.2 Å². The first kappa shape index (κ1) is 24.4. The molecule has 0 aliphatic heterocycles. The monoisotopic (exact) mass is 456 g/mol. The molecule has 174 valence electrons. The van der Waals surface area contributed by atoms with Crippen LogP contribution in [0, 0.1) is 0 Å². The molecule has 0 aliphatic carbocycles. The molecule has 0 amide bonds. The number of ether oxygens (including phenoxy) is 1. The predicted octanol–water partition coefficient (Wildman–Crippen LogP) is 7.27. The van der Waals surface area contributed by atoms with E-state index >= 15 is 0 Å². The van der Waals surface area contributed by atoms with Crippen LogP contribution in [-0.4, -0.2) is 11.1 Å². The van der Waals surface area contributed by atoms with Gasteiger partial charge >= 0.3 is 12.1 Å². The summed E-state index contributed by atoms with van der Waals surface area (Å²) in [5.41, 5.74) is 3.83. The first-order valence-electron chi connectivity index (χ1n) is 10.7.